The molecular formula is C19H12ClFN2O2S. The Kier molecular flexibility index (Phi) is 4.22. The second-order valence-corrected chi connectivity index (χ2v) is 7.23. The highest BCUT2D eigenvalue weighted by Crippen LogP contribution is 2.29. The number of fused-ring (bicyclic) bond motifs is 3. The first kappa shape index (κ1) is 16.8. The molecule has 0 atom stereocenters. The molecule has 1 amide bonds. The van der Waals surface area contributed by atoms with Gasteiger partial charge in [-0.2, -0.15) is 0 Å². The van der Waals surface area contributed by atoms with Crippen LogP contribution in [0.2, 0.25) is 5.02 Å². The molecule has 0 saturated heterocycles. The maximum atomic E-state index is 13.1. The summed E-state index contributed by atoms with van der Waals surface area (Å²) in [5, 5.41) is 4.39. The number of aromatic nitrogens is 1. The number of carbonyl (C=O) groups is 1. The second-order valence-electron chi connectivity index (χ2n) is 5.77. The molecule has 4 rings (SSSR count). The summed E-state index contributed by atoms with van der Waals surface area (Å²) in [7, 11) is 0. The molecule has 0 aliphatic heterocycles. The number of hydrogen-bond acceptors (Lipinski definition) is 3. The summed E-state index contributed by atoms with van der Waals surface area (Å²) >= 11 is 7.24. The number of aromatic amines is 1. The molecule has 0 aliphatic carbocycles. The van der Waals surface area contributed by atoms with E-state index in [1.807, 2.05) is 24.3 Å². The minimum atomic E-state index is -0.430. The molecular weight excluding hydrogens is 375 g/mol. The third kappa shape index (κ3) is 2.98. The zero-order chi connectivity index (χ0) is 18.3. The van der Waals surface area contributed by atoms with E-state index in [0.717, 1.165) is 15.6 Å². The van der Waals surface area contributed by atoms with Crippen molar-refractivity contribution in [3.05, 3.63) is 80.2 Å². The first-order valence-electron chi connectivity index (χ1n) is 7.79. The monoisotopic (exact) mass is 386 g/mol. The van der Waals surface area contributed by atoms with Crippen LogP contribution >= 0.6 is 22.9 Å². The maximum Gasteiger partial charge on any atom is 0.261 e. The number of H-pyrrole nitrogens is 1. The van der Waals surface area contributed by atoms with Crippen LogP contribution in [-0.4, -0.2) is 10.9 Å². The van der Waals surface area contributed by atoms with Crippen molar-refractivity contribution in [3.63, 3.8) is 0 Å². The van der Waals surface area contributed by atoms with Gasteiger partial charge in [-0.25, -0.2) is 4.39 Å². The summed E-state index contributed by atoms with van der Waals surface area (Å²) in [6, 6.07) is 13.1. The number of amides is 1. The lowest BCUT2D eigenvalue weighted by Crippen LogP contribution is -2.22. The standard InChI is InChI=1S/C19H12ClFN2O2S/c20-14-7-11(21)6-5-10(14)9-22-19(25)16-8-13-17(26-16)12-3-1-2-4-15(12)23-18(13)24/h1-8H,9H2,(H,22,25)(H,23,24). The number of thiophene rings is 1. The van der Waals surface area contributed by atoms with Gasteiger partial charge in [0.05, 0.1) is 10.3 Å². The van der Waals surface area contributed by atoms with Crippen LogP contribution in [-0.2, 0) is 6.54 Å². The average Bonchev–Trinajstić information content (AvgIpc) is 3.07. The predicted molar refractivity (Wildman–Crippen MR) is 103 cm³/mol. The largest absolute Gasteiger partial charge is 0.347 e. The number of pyridine rings is 1. The average molecular weight is 387 g/mol. The second kappa shape index (κ2) is 6.55. The lowest BCUT2D eigenvalue weighted by molar-refractivity contribution is 0.0955. The third-order valence-electron chi connectivity index (χ3n) is 4.07. The molecule has 0 radical (unpaired) electrons. The number of hydrogen-bond donors (Lipinski definition) is 2. The number of halogens is 2. The fraction of sp³-hybridized carbons (Fsp3) is 0.0526. The van der Waals surface area contributed by atoms with Crippen molar-refractivity contribution >= 4 is 49.8 Å². The summed E-state index contributed by atoms with van der Waals surface area (Å²) < 4.78 is 13.9. The highest BCUT2D eigenvalue weighted by Gasteiger charge is 2.15. The first-order valence-corrected chi connectivity index (χ1v) is 8.99. The summed E-state index contributed by atoms with van der Waals surface area (Å²) in [4.78, 5) is 28.0. The van der Waals surface area contributed by atoms with Crippen LogP contribution in [0.25, 0.3) is 21.0 Å². The Bertz CT molecular complexity index is 1220. The van der Waals surface area contributed by atoms with E-state index in [2.05, 4.69) is 10.3 Å². The molecule has 0 aliphatic rings. The van der Waals surface area contributed by atoms with Crippen LogP contribution in [0.1, 0.15) is 15.2 Å². The Morgan fingerprint density at radius 1 is 1.15 bits per heavy atom. The fourth-order valence-electron chi connectivity index (χ4n) is 2.78. The molecule has 0 unspecified atom stereocenters. The van der Waals surface area contributed by atoms with E-state index in [1.165, 1.54) is 29.5 Å². The molecule has 2 heterocycles. The quantitative estimate of drug-likeness (QED) is 0.546. The van der Waals surface area contributed by atoms with Crippen molar-refractivity contribution in [3.8, 4) is 0 Å². The van der Waals surface area contributed by atoms with Crippen molar-refractivity contribution in [2.45, 2.75) is 6.54 Å². The first-order chi connectivity index (χ1) is 12.5. The summed E-state index contributed by atoms with van der Waals surface area (Å²) in [6.45, 7) is 0.170. The van der Waals surface area contributed by atoms with Crippen LogP contribution in [0.4, 0.5) is 4.39 Å². The van der Waals surface area contributed by atoms with Gasteiger partial charge < -0.3 is 10.3 Å². The zero-order valence-corrected chi connectivity index (χ0v) is 14.9. The molecule has 2 N–H and O–H groups in total. The number of para-hydroxylation sites is 1. The minimum Gasteiger partial charge on any atom is -0.347 e. The predicted octanol–water partition coefficient (Wildman–Crippen LogP) is 4.47. The fourth-order valence-corrected chi connectivity index (χ4v) is 4.12. The lowest BCUT2D eigenvalue weighted by Gasteiger charge is -2.05. The van der Waals surface area contributed by atoms with Gasteiger partial charge >= 0.3 is 0 Å². The van der Waals surface area contributed by atoms with E-state index < -0.39 is 5.82 Å². The van der Waals surface area contributed by atoms with E-state index in [9.17, 15) is 14.0 Å². The Labute approximate surface area is 156 Å². The van der Waals surface area contributed by atoms with Gasteiger partial charge in [-0.3, -0.25) is 9.59 Å². The van der Waals surface area contributed by atoms with Gasteiger partial charge in [0.15, 0.2) is 0 Å². The van der Waals surface area contributed by atoms with Crippen molar-refractivity contribution in [2.24, 2.45) is 0 Å². The van der Waals surface area contributed by atoms with Gasteiger partial charge in [0.1, 0.15) is 5.82 Å². The normalized spacial score (nSPS) is 11.2. The van der Waals surface area contributed by atoms with Gasteiger partial charge in [0.2, 0.25) is 0 Å². The number of rotatable bonds is 3. The molecule has 0 spiro atoms. The summed E-state index contributed by atoms with van der Waals surface area (Å²) in [6.07, 6.45) is 0. The van der Waals surface area contributed by atoms with Gasteiger partial charge in [0, 0.05) is 27.2 Å². The SMILES string of the molecule is O=C(NCc1ccc(F)cc1Cl)c1cc2c(=O)[nH]c3ccccc3c2s1. The summed E-state index contributed by atoms with van der Waals surface area (Å²) in [5.74, 6) is -0.740. The van der Waals surface area contributed by atoms with Crippen LogP contribution in [0.15, 0.2) is 53.3 Å². The molecule has 0 bridgehead atoms. The van der Waals surface area contributed by atoms with Gasteiger partial charge in [-0.05, 0) is 29.8 Å². The van der Waals surface area contributed by atoms with E-state index >= 15 is 0 Å². The molecule has 0 saturated carbocycles. The minimum absolute atomic E-state index is 0.170. The van der Waals surface area contributed by atoms with E-state index in [0.29, 0.717) is 15.8 Å². The van der Waals surface area contributed by atoms with E-state index in [1.54, 1.807) is 6.07 Å². The van der Waals surface area contributed by atoms with Crippen LogP contribution in [0, 0.1) is 5.82 Å². The number of nitrogens with one attached hydrogen (secondary N) is 2. The van der Waals surface area contributed by atoms with E-state index in [4.69, 9.17) is 11.6 Å². The van der Waals surface area contributed by atoms with E-state index in [-0.39, 0.29) is 23.0 Å². The Balaban J connectivity index is 1.66. The number of carbonyl (C=O) groups excluding carboxylic acids is 1. The van der Waals surface area contributed by atoms with Gasteiger partial charge in [-0.15, -0.1) is 11.3 Å². The number of benzene rings is 2. The maximum absolute atomic E-state index is 13.1. The Morgan fingerprint density at radius 3 is 2.77 bits per heavy atom. The zero-order valence-electron chi connectivity index (χ0n) is 13.3. The smallest absolute Gasteiger partial charge is 0.261 e. The molecule has 2 aromatic heterocycles. The van der Waals surface area contributed by atoms with Crippen molar-refractivity contribution in [1.29, 1.82) is 0 Å². The van der Waals surface area contributed by atoms with Crippen molar-refractivity contribution < 1.29 is 9.18 Å². The highest BCUT2D eigenvalue weighted by atomic mass is 35.5. The van der Waals surface area contributed by atoms with Crippen LogP contribution in [0.5, 0.6) is 0 Å². The molecule has 4 aromatic rings. The molecule has 4 nitrogen and oxygen atoms in total. The molecule has 130 valence electrons. The summed E-state index contributed by atoms with van der Waals surface area (Å²) in [5.41, 5.74) is 1.12. The Hall–Kier alpha value is -2.70. The third-order valence-corrected chi connectivity index (χ3v) is 5.59. The molecule has 26 heavy (non-hydrogen) atoms. The van der Waals surface area contributed by atoms with Gasteiger partial charge in [-0.1, -0.05) is 35.9 Å². The topological polar surface area (TPSA) is 62.0 Å². The van der Waals surface area contributed by atoms with Crippen molar-refractivity contribution in [1.82, 2.24) is 10.3 Å². The molecule has 0 fully saturated rings. The van der Waals surface area contributed by atoms with Crippen molar-refractivity contribution in [2.75, 3.05) is 0 Å². The van der Waals surface area contributed by atoms with Crippen LogP contribution in [0.3, 0.4) is 0 Å². The van der Waals surface area contributed by atoms with Gasteiger partial charge in [0.25, 0.3) is 11.5 Å². The van der Waals surface area contributed by atoms with Crippen LogP contribution < -0.4 is 10.9 Å². The highest BCUT2D eigenvalue weighted by molar-refractivity contribution is 7.21. The molecule has 2 aromatic carbocycles. The lowest BCUT2D eigenvalue weighted by atomic mass is 10.2. The molecule has 7 heteroatoms. The Morgan fingerprint density at radius 2 is 1.96 bits per heavy atom.